The van der Waals surface area contributed by atoms with Gasteiger partial charge in [-0.05, 0) is 19.1 Å². The van der Waals surface area contributed by atoms with Crippen molar-refractivity contribution in [2.75, 3.05) is 26.6 Å². The summed E-state index contributed by atoms with van der Waals surface area (Å²) >= 11 is 0. The highest BCUT2D eigenvalue weighted by molar-refractivity contribution is 7.90. The van der Waals surface area contributed by atoms with E-state index in [0.29, 0.717) is 5.56 Å². The van der Waals surface area contributed by atoms with Gasteiger partial charge in [0.2, 0.25) is 5.88 Å². The van der Waals surface area contributed by atoms with E-state index in [1.165, 1.54) is 37.2 Å². The van der Waals surface area contributed by atoms with E-state index in [-0.39, 0.29) is 40.9 Å². The lowest BCUT2D eigenvalue weighted by atomic mass is 10.00. The Hall–Kier alpha value is -2.39. The number of aromatic hydroxyl groups is 1. The Morgan fingerprint density at radius 1 is 1.28 bits per heavy atom. The zero-order valence-corrected chi connectivity index (χ0v) is 15.3. The first-order chi connectivity index (χ1) is 11.7. The van der Waals surface area contributed by atoms with Crippen LogP contribution in [0, 0.1) is 6.92 Å². The van der Waals surface area contributed by atoms with Crippen molar-refractivity contribution < 1.29 is 27.8 Å². The summed E-state index contributed by atoms with van der Waals surface area (Å²) in [5.74, 6) is -0.632. The van der Waals surface area contributed by atoms with Crippen LogP contribution in [-0.4, -0.2) is 55.7 Å². The number of aryl methyl sites for hydroxylation is 1. The molecule has 0 aliphatic heterocycles. The molecule has 0 bridgehead atoms. The molecule has 0 aliphatic rings. The lowest BCUT2D eigenvalue weighted by Crippen LogP contribution is -2.12. The van der Waals surface area contributed by atoms with Gasteiger partial charge >= 0.3 is 0 Å². The molecule has 0 spiro atoms. The van der Waals surface area contributed by atoms with Gasteiger partial charge in [-0.1, -0.05) is 0 Å². The standard InChI is InChI=1S/C16H20N2O6S/c1-10-11(14(19)12-9-17-18(2)16(12)20)5-6-13(25(4,21)22)15(10)24-8-7-23-3/h5-6,9,20H,7-8H2,1-4H3. The highest BCUT2D eigenvalue weighted by Crippen LogP contribution is 2.32. The monoisotopic (exact) mass is 368 g/mol. The van der Waals surface area contributed by atoms with E-state index in [1.807, 2.05) is 0 Å². The first-order valence-electron chi connectivity index (χ1n) is 7.39. The summed E-state index contributed by atoms with van der Waals surface area (Å²) in [7, 11) is -0.543. The maximum atomic E-state index is 12.7. The molecule has 1 aromatic heterocycles. The van der Waals surface area contributed by atoms with E-state index in [9.17, 15) is 18.3 Å². The highest BCUT2D eigenvalue weighted by Gasteiger charge is 2.24. The van der Waals surface area contributed by atoms with Crippen LogP contribution in [-0.2, 0) is 21.6 Å². The predicted octanol–water partition coefficient (Wildman–Crippen LogP) is 1.09. The molecule has 0 aliphatic carbocycles. The summed E-state index contributed by atoms with van der Waals surface area (Å²) in [4.78, 5) is 12.7. The fraction of sp³-hybridized carbons (Fsp3) is 0.375. The van der Waals surface area contributed by atoms with Crippen molar-refractivity contribution in [3.63, 3.8) is 0 Å². The Balaban J connectivity index is 2.55. The molecule has 136 valence electrons. The van der Waals surface area contributed by atoms with Gasteiger partial charge in [0.15, 0.2) is 15.6 Å². The maximum Gasteiger partial charge on any atom is 0.220 e. The summed E-state index contributed by atoms with van der Waals surface area (Å²) in [6.07, 6.45) is 2.33. The van der Waals surface area contributed by atoms with E-state index in [2.05, 4.69) is 5.10 Å². The molecule has 0 fully saturated rings. The number of ether oxygens (including phenoxy) is 2. The van der Waals surface area contributed by atoms with E-state index in [4.69, 9.17) is 9.47 Å². The Morgan fingerprint density at radius 2 is 1.96 bits per heavy atom. The molecule has 2 rings (SSSR count). The molecule has 25 heavy (non-hydrogen) atoms. The van der Waals surface area contributed by atoms with Crippen LogP contribution in [0.2, 0.25) is 0 Å². The largest absolute Gasteiger partial charge is 0.493 e. The molecule has 9 heteroatoms. The van der Waals surface area contributed by atoms with Gasteiger partial charge in [-0.2, -0.15) is 5.10 Å². The third-order valence-electron chi connectivity index (χ3n) is 3.70. The van der Waals surface area contributed by atoms with Crippen LogP contribution in [0.4, 0.5) is 0 Å². The molecule has 0 saturated heterocycles. The lowest BCUT2D eigenvalue weighted by molar-refractivity contribution is 0.103. The second-order valence-corrected chi connectivity index (χ2v) is 7.50. The van der Waals surface area contributed by atoms with Crippen LogP contribution < -0.4 is 4.74 Å². The Morgan fingerprint density at radius 3 is 2.48 bits per heavy atom. The van der Waals surface area contributed by atoms with Crippen LogP contribution in [0.15, 0.2) is 23.2 Å². The number of methoxy groups -OCH3 is 1. The topological polar surface area (TPSA) is 108 Å². The Labute approximate surface area is 145 Å². The van der Waals surface area contributed by atoms with Crippen molar-refractivity contribution in [1.29, 1.82) is 0 Å². The zero-order chi connectivity index (χ0) is 18.8. The average molecular weight is 368 g/mol. The second-order valence-electron chi connectivity index (χ2n) is 5.51. The maximum absolute atomic E-state index is 12.7. The van der Waals surface area contributed by atoms with Crippen LogP contribution in [0.5, 0.6) is 11.6 Å². The van der Waals surface area contributed by atoms with Gasteiger partial charge in [0.05, 0.1) is 12.8 Å². The molecular formula is C16H20N2O6S. The summed E-state index contributed by atoms with van der Waals surface area (Å²) in [6.45, 7) is 2.00. The average Bonchev–Trinajstić information content (AvgIpc) is 2.87. The number of nitrogens with zero attached hydrogens (tertiary/aromatic N) is 2. The highest BCUT2D eigenvalue weighted by atomic mass is 32.2. The third-order valence-corrected chi connectivity index (χ3v) is 4.82. The number of hydrogen-bond donors (Lipinski definition) is 1. The van der Waals surface area contributed by atoms with E-state index in [0.717, 1.165) is 6.26 Å². The molecule has 0 radical (unpaired) electrons. The van der Waals surface area contributed by atoms with Gasteiger partial charge in [0.25, 0.3) is 0 Å². The minimum absolute atomic E-state index is 0.00642. The number of rotatable bonds is 7. The van der Waals surface area contributed by atoms with Crippen molar-refractivity contribution in [2.45, 2.75) is 11.8 Å². The van der Waals surface area contributed by atoms with Gasteiger partial charge in [-0.25, -0.2) is 13.1 Å². The van der Waals surface area contributed by atoms with Crippen molar-refractivity contribution in [3.05, 3.63) is 35.0 Å². The van der Waals surface area contributed by atoms with E-state index >= 15 is 0 Å². The number of carbonyl (C=O) groups excluding carboxylic acids is 1. The molecule has 1 heterocycles. The SMILES string of the molecule is COCCOc1c(S(C)(=O)=O)ccc(C(=O)c2cnn(C)c2O)c1C. The van der Waals surface area contributed by atoms with Crippen LogP contribution in [0.3, 0.4) is 0 Å². The summed E-state index contributed by atoms with van der Waals surface area (Å²) < 4.78 is 35.6. The van der Waals surface area contributed by atoms with Crippen molar-refractivity contribution >= 4 is 15.6 Å². The van der Waals surface area contributed by atoms with Gasteiger partial charge in [0.1, 0.15) is 22.8 Å². The number of sulfone groups is 1. The Kier molecular flexibility index (Phi) is 5.48. The van der Waals surface area contributed by atoms with Crippen molar-refractivity contribution in [2.24, 2.45) is 7.05 Å². The molecule has 0 atom stereocenters. The van der Waals surface area contributed by atoms with Gasteiger partial charge in [-0.15, -0.1) is 0 Å². The number of benzene rings is 1. The van der Waals surface area contributed by atoms with Gasteiger partial charge in [0, 0.05) is 31.5 Å². The molecule has 0 unspecified atom stereocenters. The summed E-state index contributed by atoms with van der Waals surface area (Å²) in [6, 6.07) is 2.73. The second kappa shape index (κ2) is 7.24. The molecule has 2 aromatic rings. The predicted molar refractivity (Wildman–Crippen MR) is 90.0 cm³/mol. The fourth-order valence-corrected chi connectivity index (χ4v) is 3.21. The molecule has 8 nitrogen and oxygen atoms in total. The summed E-state index contributed by atoms with van der Waals surface area (Å²) in [5.41, 5.74) is 0.621. The number of hydrogen-bond acceptors (Lipinski definition) is 7. The first-order valence-corrected chi connectivity index (χ1v) is 9.28. The lowest BCUT2D eigenvalue weighted by Gasteiger charge is -2.15. The minimum Gasteiger partial charge on any atom is -0.493 e. The third kappa shape index (κ3) is 3.83. The smallest absolute Gasteiger partial charge is 0.220 e. The molecule has 0 saturated carbocycles. The molecule has 1 N–H and O–H groups in total. The minimum atomic E-state index is -3.55. The van der Waals surface area contributed by atoms with E-state index in [1.54, 1.807) is 6.92 Å². The number of aromatic nitrogens is 2. The fourth-order valence-electron chi connectivity index (χ4n) is 2.35. The molecular weight excluding hydrogens is 348 g/mol. The van der Waals surface area contributed by atoms with Gasteiger partial charge < -0.3 is 14.6 Å². The van der Waals surface area contributed by atoms with Crippen molar-refractivity contribution in [1.82, 2.24) is 9.78 Å². The quantitative estimate of drug-likeness (QED) is 0.576. The van der Waals surface area contributed by atoms with E-state index < -0.39 is 15.6 Å². The van der Waals surface area contributed by atoms with Crippen molar-refractivity contribution in [3.8, 4) is 11.6 Å². The normalized spacial score (nSPS) is 11.5. The van der Waals surface area contributed by atoms with Gasteiger partial charge in [-0.3, -0.25) is 4.79 Å². The zero-order valence-electron chi connectivity index (χ0n) is 14.4. The summed E-state index contributed by atoms with van der Waals surface area (Å²) in [5, 5.41) is 13.8. The van der Waals surface area contributed by atoms with Crippen LogP contribution in [0.25, 0.3) is 0 Å². The molecule has 0 amide bonds. The van der Waals surface area contributed by atoms with Crippen LogP contribution in [0.1, 0.15) is 21.5 Å². The number of ketones is 1. The number of carbonyl (C=O) groups is 1. The first kappa shape index (κ1) is 18.9. The van der Waals surface area contributed by atoms with Crippen LogP contribution >= 0.6 is 0 Å². The Bertz CT molecular complexity index is 902. The molecule has 1 aromatic carbocycles.